The SMILES string of the molecule is CC(=O)OC1(C(C)=O)CCC2[C@H]3CCC4=CC(=O)CCC4=C3C(c3ccc(N(C)CCCCCCO)cc3)CC21C. The molecular weight excluding hydrogens is 514 g/mol. The van der Waals surface area contributed by atoms with E-state index in [4.69, 9.17) is 9.84 Å². The summed E-state index contributed by atoms with van der Waals surface area (Å²) in [7, 11) is 2.13. The Hall–Kier alpha value is -2.73. The summed E-state index contributed by atoms with van der Waals surface area (Å²) >= 11 is 0. The van der Waals surface area contributed by atoms with Gasteiger partial charge in [-0.3, -0.25) is 14.4 Å². The highest BCUT2D eigenvalue weighted by molar-refractivity contribution is 5.93. The zero-order valence-corrected chi connectivity index (χ0v) is 25.3. The number of aliphatic hydroxyl groups is 1. The maximum absolute atomic E-state index is 13.3. The molecule has 0 aromatic heterocycles. The molecule has 5 atom stereocenters. The molecule has 1 aromatic rings. The minimum Gasteiger partial charge on any atom is -0.451 e. The molecular formula is C35H47NO5. The number of Topliss-reactive ketones (excluding diaryl/α,β-unsaturated/α-hetero) is 1. The number of fused-ring (bicyclic) bond motifs is 4. The average Bonchev–Trinajstić information content (AvgIpc) is 3.24. The lowest BCUT2D eigenvalue weighted by Gasteiger charge is -2.55. The van der Waals surface area contributed by atoms with E-state index in [1.165, 1.54) is 34.9 Å². The number of unbranched alkanes of at least 4 members (excludes halogenated alkanes) is 3. The van der Waals surface area contributed by atoms with Crippen molar-refractivity contribution in [2.45, 2.75) is 103 Å². The fourth-order valence-electron chi connectivity index (χ4n) is 8.91. The fourth-order valence-corrected chi connectivity index (χ4v) is 8.91. The highest BCUT2D eigenvalue weighted by Crippen LogP contribution is 2.67. The van der Waals surface area contributed by atoms with Crippen LogP contribution in [0.5, 0.6) is 0 Å². The van der Waals surface area contributed by atoms with Crippen molar-refractivity contribution in [1.82, 2.24) is 0 Å². The third-order valence-corrected chi connectivity index (χ3v) is 10.9. The van der Waals surface area contributed by atoms with Crippen LogP contribution in [0.1, 0.15) is 103 Å². The number of allylic oxidation sites excluding steroid dienone is 4. The molecule has 0 radical (unpaired) electrons. The summed E-state index contributed by atoms with van der Waals surface area (Å²) < 4.78 is 6.05. The number of ether oxygens (including phenoxy) is 1. The van der Waals surface area contributed by atoms with Crippen LogP contribution in [0.25, 0.3) is 0 Å². The molecule has 6 nitrogen and oxygen atoms in total. The van der Waals surface area contributed by atoms with Gasteiger partial charge in [0.05, 0.1) is 0 Å². The predicted molar refractivity (Wildman–Crippen MR) is 161 cm³/mol. The molecule has 0 spiro atoms. The molecule has 0 bridgehead atoms. The predicted octanol–water partition coefficient (Wildman–Crippen LogP) is 6.47. The Balaban J connectivity index is 1.51. The van der Waals surface area contributed by atoms with Crippen LogP contribution < -0.4 is 4.90 Å². The van der Waals surface area contributed by atoms with Crippen LogP contribution in [0.2, 0.25) is 0 Å². The number of hydrogen-bond acceptors (Lipinski definition) is 6. The molecule has 6 heteroatoms. The van der Waals surface area contributed by atoms with Crippen LogP contribution >= 0.6 is 0 Å². The normalized spacial score (nSPS) is 30.7. The summed E-state index contributed by atoms with van der Waals surface area (Å²) in [5.41, 5.74) is 4.94. The summed E-state index contributed by atoms with van der Waals surface area (Å²) in [6.45, 7) is 6.46. The molecule has 4 aliphatic rings. The van der Waals surface area contributed by atoms with Gasteiger partial charge in [0, 0.05) is 50.6 Å². The Labute approximate surface area is 245 Å². The van der Waals surface area contributed by atoms with E-state index in [2.05, 4.69) is 43.1 Å². The van der Waals surface area contributed by atoms with Crippen molar-refractivity contribution in [3.63, 3.8) is 0 Å². The van der Waals surface area contributed by atoms with Gasteiger partial charge in [0.1, 0.15) is 0 Å². The van der Waals surface area contributed by atoms with Crippen molar-refractivity contribution in [1.29, 1.82) is 0 Å². The second-order valence-electron chi connectivity index (χ2n) is 13.2. The lowest BCUT2D eigenvalue weighted by atomic mass is 9.50. The number of nitrogens with zero attached hydrogens (tertiary/aromatic N) is 1. The second-order valence-corrected chi connectivity index (χ2v) is 13.2. The van der Waals surface area contributed by atoms with Crippen molar-refractivity contribution in [3.8, 4) is 0 Å². The van der Waals surface area contributed by atoms with E-state index in [0.29, 0.717) is 18.8 Å². The van der Waals surface area contributed by atoms with Crippen molar-refractivity contribution in [3.05, 3.63) is 52.6 Å². The molecule has 0 amide bonds. The number of esters is 1. The third kappa shape index (κ3) is 5.33. The molecule has 2 fully saturated rings. The van der Waals surface area contributed by atoms with E-state index in [1.54, 1.807) is 6.92 Å². The van der Waals surface area contributed by atoms with Gasteiger partial charge in [0.15, 0.2) is 17.2 Å². The lowest BCUT2D eigenvalue weighted by Crippen LogP contribution is -2.57. The molecule has 4 unspecified atom stereocenters. The molecule has 0 heterocycles. The van der Waals surface area contributed by atoms with E-state index in [-0.39, 0.29) is 36.0 Å². The fraction of sp³-hybridized carbons (Fsp3) is 0.629. The first kappa shape index (κ1) is 29.8. The number of rotatable bonds is 10. The van der Waals surface area contributed by atoms with E-state index in [0.717, 1.165) is 64.3 Å². The van der Waals surface area contributed by atoms with Gasteiger partial charge in [-0.1, -0.05) is 37.5 Å². The van der Waals surface area contributed by atoms with Crippen LogP contribution in [-0.2, 0) is 19.1 Å². The Kier molecular flexibility index (Phi) is 8.61. The quantitative estimate of drug-likeness (QED) is 0.261. The van der Waals surface area contributed by atoms with Gasteiger partial charge in [0.25, 0.3) is 0 Å². The molecule has 5 rings (SSSR count). The molecule has 0 aliphatic heterocycles. The number of carbonyl (C=O) groups excluding carboxylic acids is 3. The highest BCUT2D eigenvalue weighted by Gasteiger charge is 2.67. The van der Waals surface area contributed by atoms with Crippen molar-refractivity contribution < 1.29 is 24.2 Å². The second kappa shape index (κ2) is 11.9. The first-order valence-electron chi connectivity index (χ1n) is 15.7. The minimum absolute atomic E-state index is 0.0387. The Morgan fingerprint density at radius 3 is 2.44 bits per heavy atom. The van der Waals surface area contributed by atoms with Crippen LogP contribution in [0.4, 0.5) is 5.69 Å². The summed E-state index contributed by atoms with van der Waals surface area (Å²) in [5, 5.41) is 9.02. The lowest BCUT2D eigenvalue weighted by molar-refractivity contribution is -0.182. The topological polar surface area (TPSA) is 83.9 Å². The maximum Gasteiger partial charge on any atom is 0.303 e. The average molecular weight is 562 g/mol. The monoisotopic (exact) mass is 561 g/mol. The molecule has 4 aliphatic carbocycles. The Morgan fingerprint density at radius 1 is 1.02 bits per heavy atom. The number of carbonyl (C=O) groups is 3. The van der Waals surface area contributed by atoms with Gasteiger partial charge in [-0.05, 0) is 105 Å². The molecule has 1 aromatic carbocycles. The third-order valence-electron chi connectivity index (χ3n) is 10.9. The van der Waals surface area contributed by atoms with Crippen LogP contribution in [-0.4, -0.2) is 48.4 Å². The maximum atomic E-state index is 13.3. The Bertz CT molecular complexity index is 1250. The molecule has 1 N–H and O–H groups in total. The Morgan fingerprint density at radius 2 is 1.76 bits per heavy atom. The molecule has 2 saturated carbocycles. The molecule has 0 saturated heterocycles. The van der Waals surface area contributed by atoms with E-state index >= 15 is 0 Å². The first-order chi connectivity index (χ1) is 19.6. The number of benzene rings is 1. The zero-order valence-electron chi connectivity index (χ0n) is 25.3. The summed E-state index contributed by atoms with van der Waals surface area (Å²) in [6, 6.07) is 8.92. The van der Waals surface area contributed by atoms with Crippen LogP contribution in [0.3, 0.4) is 0 Å². The highest BCUT2D eigenvalue weighted by atomic mass is 16.6. The summed E-state index contributed by atoms with van der Waals surface area (Å²) in [5.74, 6) is 0.500. The summed E-state index contributed by atoms with van der Waals surface area (Å²) in [6.07, 6.45) is 11.5. The number of ketones is 2. The van der Waals surface area contributed by atoms with E-state index < -0.39 is 11.0 Å². The number of aliphatic hydroxyl groups excluding tert-OH is 1. The van der Waals surface area contributed by atoms with Gasteiger partial charge in [-0.25, -0.2) is 0 Å². The van der Waals surface area contributed by atoms with Gasteiger partial charge in [0.2, 0.25) is 0 Å². The van der Waals surface area contributed by atoms with Crippen LogP contribution in [0, 0.1) is 17.3 Å². The molecule has 41 heavy (non-hydrogen) atoms. The van der Waals surface area contributed by atoms with Gasteiger partial charge >= 0.3 is 5.97 Å². The summed E-state index contributed by atoms with van der Waals surface area (Å²) in [4.78, 5) is 40.4. The smallest absolute Gasteiger partial charge is 0.303 e. The minimum atomic E-state index is -1.09. The van der Waals surface area contributed by atoms with Crippen LogP contribution in [0.15, 0.2) is 47.1 Å². The first-order valence-corrected chi connectivity index (χ1v) is 15.7. The van der Waals surface area contributed by atoms with Crippen molar-refractivity contribution in [2.75, 3.05) is 25.1 Å². The number of hydrogen-bond donors (Lipinski definition) is 1. The van der Waals surface area contributed by atoms with E-state index in [1.807, 2.05) is 6.08 Å². The molecule has 222 valence electrons. The largest absolute Gasteiger partial charge is 0.451 e. The van der Waals surface area contributed by atoms with Crippen molar-refractivity contribution >= 4 is 23.2 Å². The van der Waals surface area contributed by atoms with Crippen molar-refractivity contribution in [2.24, 2.45) is 17.3 Å². The standard InChI is InChI=1S/C35H47NO5/c1-23(38)35(41-24(2)39)18-17-32-30-15-11-26-21-28(40)14-16-29(26)33(30)31(22-34(32,35)3)25-9-12-27(13-10-25)36(4)19-7-5-6-8-20-37/h9-10,12-13,21,30-32,37H,5-8,11,14-20,22H2,1-4H3/t30-,31?,32?,34?,35?/m1/s1. The number of anilines is 1. The van der Waals surface area contributed by atoms with E-state index in [9.17, 15) is 14.4 Å². The van der Waals surface area contributed by atoms with Gasteiger partial charge in [-0.15, -0.1) is 0 Å². The van der Waals surface area contributed by atoms with Gasteiger partial charge < -0.3 is 14.7 Å². The van der Waals surface area contributed by atoms with Gasteiger partial charge in [-0.2, -0.15) is 0 Å². The zero-order chi connectivity index (χ0) is 29.4.